The van der Waals surface area contributed by atoms with Gasteiger partial charge in [-0.25, -0.2) is 0 Å². The normalized spacial score (nSPS) is 14.5. The minimum atomic E-state index is -0.153. The summed E-state index contributed by atoms with van der Waals surface area (Å²) >= 11 is 1.34. The van der Waals surface area contributed by atoms with Crippen LogP contribution in [-0.2, 0) is 4.79 Å². The predicted octanol–water partition coefficient (Wildman–Crippen LogP) is 2.52. The van der Waals surface area contributed by atoms with Crippen molar-refractivity contribution in [3.63, 3.8) is 0 Å². The van der Waals surface area contributed by atoms with E-state index in [1.54, 1.807) is 24.3 Å². The first-order valence-electron chi connectivity index (χ1n) is 9.09. The van der Waals surface area contributed by atoms with Crippen molar-refractivity contribution in [1.82, 2.24) is 10.6 Å². The number of amides is 2. The summed E-state index contributed by atoms with van der Waals surface area (Å²) < 4.78 is 10.6. The fraction of sp³-hybridized carbons (Fsp3) is 0.300. The SMILES string of the molecule is Cl.O=C(CSc1ccccc1C(=O)NCC1CNC1)Nc1ccc2c(c1)OCO2. The Bertz CT molecular complexity index is 892. The van der Waals surface area contributed by atoms with Crippen LogP contribution in [0.1, 0.15) is 10.4 Å². The summed E-state index contributed by atoms with van der Waals surface area (Å²) in [5.74, 6) is 1.73. The molecule has 1 saturated heterocycles. The number of nitrogens with one attached hydrogen (secondary N) is 3. The van der Waals surface area contributed by atoms with Crippen molar-refractivity contribution in [3.05, 3.63) is 48.0 Å². The Balaban J connectivity index is 0.00000240. The fourth-order valence-corrected chi connectivity index (χ4v) is 3.77. The average Bonchev–Trinajstić information content (AvgIpc) is 3.13. The molecule has 4 rings (SSSR count). The standard InChI is InChI=1S/C20H21N3O4S.ClH/c24-19(23-14-5-6-16-17(7-14)27-12-26-16)11-28-18-4-2-1-3-15(18)20(25)22-10-13-8-21-9-13;/h1-7,13,21H,8-12H2,(H,22,25)(H,23,24);1H. The lowest BCUT2D eigenvalue weighted by Gasteiger charge is -2.27. The van der Waals surface area contributed by atoms with E-state index in [9.17, 15) is 9.59 Å². The molecule has 2 heterocycles. The van der Waals surface area contributed by atoms with Gasteiger partial charge in [0.15, 0.2) is 11.5 Å². The van der Waals surface area contributed by atoms with Crippen LogP contribution in [0.3, 0.4) is 0 Å². The molecule has 2 aromatic rings. The van der Waals surface area contributed by atoms with Crippen LogP contribution < -0.4 is 25.4 Å². The van der Waals surface area contributed by atoms with Gasteiger partial charge < -0.3 is 25.4 Å². The molecule has 0 unspecified atom stereocenters. The van der Waals surface area contributed by atoms with Crippen LogP contribution in [0.25, 0.3) is 0 Å². The molecule has 9 heteroatoms. The quantitative estimate of drug-likeness (QED) is 0.579. The van der Waals surface area contributed by atoms with E-state index >= 15 is 0 Å². The number of hydrogen-bond acceptors (Lipinski definition) is 6. The molecule has 154 valence electrons. The van der Waals surface area contributed by atoms with Crippen LogP contribution in [0, 0.1) is 5.92 Å². The number of carbonyl (C=O) groups excluding carboxylic acids is 2. The molecule has 2 amide bonds. The van der Waals surface area contributed by atoms with Gasteiger partial charge in [-0.3, -0.25) is 9.59 Å². The van der Waals surface area contributed by atoms with E-state index in [4.69, 9.17) is 9.47 Å². The molecule has 2 aromatic carbocycles. The van der Waals surface area contributed by atoms with Crippen molar-refractivity contribution in [3.8, 4) is 11.5 Å². The summed E-state index contributed by atoms with van der Waals surface area (Å²) in [4.78, 5) is 25.6. The molecule has 0 aromatic heterocycles. The van der Waals surface area contributed by atoms with Crippen LogP contribution in [0.15, 0.2) is 47.4 Å². The maximum absolute atomic E-state index is 12.5. The first-order chi connectivity index (χ1) is 13.7. The lowest BCUT2D eigenvalue weighted by molar-refractivity contribution is -0.113. The lowest BCUT2D eigenvalue weighted by atomic mass is 10.0. The zero-order chi connectivity index (χ0) is 19.3. The number of benzene rings is 2. The number of halogens is 1. The highest BCUT2D eigenvalue weighted by molar-refractivity contribution is 8.00. The molecule has 0 saturated carbocycles. The largest absolute Gasteiger partial charge is 0.454 e. The summed E-state index contributed by atoms with van der Waals surface area (Å²) in [7, 11) is 0. The van der Waals surface area contributed by atoms with Crippen LogP contribution in [0.4, 0.5) is 5.69 Å². The molecule has 1 fully saturated rings. The van der Waals surface area contributed by atoms with Crippen molar-refractivity contribution in [2.45, 2.75) is 4.90 Å². The predicted molar refractivity (Wildman–Crippen MR) is 114 cm³/mol. The number of thioether (sulfide) groups is 1. The molecular weight excluding hydrogens is 414 g/mol. The highest BCUT2D eigenvalue weighted by Crippen LogP contribution is 2.34. The second kappa shape index (κ2) is 9.87. The van der Waals surface area contributed by atoms with Crippen molar-refractivity contribution >= 4 is 41.7 Å². The molecule has 0 aliphatic carbocycles. The van der Waals surface area contributed by atoms with Crippen LogP contribution >= 0.6 is 24.2 Å². The van der Waals surface area contributed by atoms with Crippen molar-refractivity contribution < 1.29 is 19.1 Å². The molecule has 0 radical (unpaired) electrons. The Morgan fingerprint density at radius 1 is 1.10 bits per heavy atom. The molecular formula is C20H22ClN3O4S. The summed E-state index contributed by atoms with van der Waals surface area (Å²) in [6, 6.07) is 12.6. The molecule has 29 heavy (non-hydrogen) atoms. The zero-order valence-corrected chi connectivity index (χ0v) is 17.2. The summed E-state index contributed by atoms with van der Waals surface area (Å²) in [5, 5.41) is 9.00. The van der Waals surface area contributed by atoms with E-state index in [1.807, 2.05) is 18.2 Å². The maximum Gasteiger partial charge on any atom is 0.252 e. The van der Waals surface area contributed by atoms with E-state index in [0.717, 1.165) is 18.0 Å². The highest BCUT2D eigenvalue weighted by Gasteiger charge is 2.19. The Kier molecular flexibility index (Phi) is 7.24. The molecule has 7 nitrogen and oxygen atoms in total. The smallest absolute Gasteiger partial charge is 0.252 e. The highest BCUT2D eigenvalue weighted by atomic mass is 35.5. The number of anilines is 1. The monoisotopic (exact) mass is 435 g/mol. The first-order valence-corrected chi connectivity index (χ1v) is 10.1. The van der Waals surface area contributed by atoms with Crippen molar-refractivity contribution in [2.75, 3.05) is 37.5 Å². The van der Waals surface area contributed by atoms with E-state index in [1.165, 1.54) is 11.8 Å². The summed E-state index contributed by atoms with van der Waals surface area (Å²) in [6.45, 7) is 2.74. The molecule has 0 spiro atoms. The van der Waals surface area contributed by atoms with Gasteiger partial charge in [-0.2, -0.15) is 0 Å². The Morgan fingerprint density at radius 3 is 2.69 bits per heavy atom. The third kappa shape index (κ3) is 5.35. The Hall–Kier alpha value is -2.42. The minimum absolute atomic E-state index is 0. The average molecular weight is 436 g/mol. The second-order valence-corrected chi connectivity index (χ2v) is 7.65. The van der Waals surface area contributed by atoms with Crippen molar-refractivity contribution in [2.24, 2.45) is 5.92 Å². The second-order valence-electron chi connectivity index (χ2n) is 6.64. The van der Waals surface area contributed by atoms with Gasteiger partial charge in [0.1, 0.15) is 0 Å². The molecule has 0 bridgehead atoms. The molecule has 2 aliphatic rings. The van der Waals surface area contributed by atoms with Gasteiger partial charge in [0.25, 0.3) is 5.91 Å². The topological polar surface area (TPSA) is 88.7 Å². The Morgan fingerprint density at radius 2 is 1.90 bits per heavy atom. The number of rotatable bonds is 7. The van der Waals surface area contributed by atoms with E-state index in [-0.39, 0.29) is 36.8 Å². The van der Waals surface area contributed by atoms with Gasteiger partial charge in [-0.05, 0) is 24.3 Å². The van der Waals surface area contributed by atoms with E-state index in [0.29, 0.717) is 35.2 Å². The zero-order valence-electron chi connectivity index (χ0n) is 15.6. The number of ether oxygens (including phenoxy) is 2. The van der Waals surface area contributed by atoms with Gasteiger partial charge in [-0.1, -0.05) is 12.1 Å². The Labute approximate surface area is 179 Å². The summed E-state index contributed by atoms with van der Waals surface area (Å²) in [5.41, 5.74) is 1.24. The van der Waals surface area contributed by atoms with Crippen molar-refractivity contribution in [1.29, 1.82) is 0 Å². The number of fused-ring (bicyclic) bond motifs is 1. The van der Waals surface area contributed by atoms with Crippen LogP contribution in [0.2, 0.25) is 0 Å². The molecule has 2 aliphatic heterocycles. The third-order valence-electron chi connectivity index (χ3n) is 4.56. The van der Waals surface area contributed by atoms with Gasteiger partial charge >= 0.3 is 0 Å². The number of carbonyl (C=O) groups is 2. The molecule has 0 atom stereocenters. The van der Waals surface area contributed by atoms with Crippen LogP contribution in [0.5, 0.6) is 11.5 Å². The fourth-order valence-electron chi connectivity index (χ4n) is 2.92. The first kappa shape index (κ1) is 21.3. The van der Waals surface area contributed by atoms with E-state index < -0.39 is 0 Å². The third-order valence-corrected chi connectivity index (χ3v) is 5.64. The maximum atomic E-state index is 12.5. The van der Waals surface area contributed by atoms with Gasteiger partial charge in [0.2, 0.25) is 12.7 Å². The van der Waals surface area contributed by atoms with Gasteiger partial charge in [-0.15, -0.1) is 24.2 Å². The lowest BCUT2D eigenvalue weighted by Crippen LogP contribution is -2.48. The minimum Gasteiger partial charge on any atom is -0.454 e. The number of hydrogen-bond donors (Lipinski definition) is 3. The van der Waals surface area contributed by atoms with Gasteiger partial charge in [0, 0.05) is 42.2 Å². The van der Waals surface area contributed by atoms with Crippen LogP contribution in [-0.4, -0.2) is 44.0 Å². The van der Waals surface area contributed by atoms with E-state index in [2.05, 4.69) is 16.0 Å². The van der Waals surface area contributed by atoms with Gasteiger partial charge in [0.05, 0.1) is 11.3 Å². The summed E-state index contributed by atoms with van der Waals surface area (Å²) in [6.07, 6.45) is 0. The molecule has 3 N–H and O–H groups in total.